The molecule has 0 bridgehead atoms. The van der Waals surface area contributed by atoms with Gasteiger partial charge in [-0.2, -0.15) is 5.10 Å². The number of thioether (sulfide) groups is 1. The van der Waals surface area contributed by atoms with E-state index in [9.17, 15) is 9.59 Å². The SMILES string of the molecule is CSc1ccc(C=NNC(=O)CNC(=O)c2ccc(Cl)cc2)cc1. The van der Waals surface area contributed by atoms with Gasteiger partial charge in [-0.15, -0.1) is 11.8 Å². The van der Waals surface area contributed by atoms with Crippen LogP contribution in [0.5, 0.6) is 0 Å². The number of nitrogens with zero attached hydrogens (tertiary/aromatic N) is 1. The Morgan fingerprint density at radius 2 is 1.79 bits per heavy atom. The summed E-state index contributed by atoms with van der Waals surface area (Å²) in [4.78, 5) is 24.7. The zero-order chi connectivity index (χ0) is 17.4. The molecule has 2 rings (SSSR count). The molecule has 0 unspecified atom stereocenters. The quantitative estimate of drug-likeness (QED) is 0.472. The van der Waals surface area contributed by atoms with Gasteiger partial charge in [0.25, 0.3) is 11.8 Å². The maximum absolute atomic E-state index is 11.8. The first-order valence-electron chi connectivity index (χ1n) is 7.08. The second kappa shape index (κ2) is 9.10. The van der Waals surface area contributed by atoms with Crippen molar-refractivity contribution >= 4 is 41.4 Å². The lowest BCUT2D eigenvalue weighted by Crippen LogP contribution is -2.34. The number of hydrogen-bond donors (Lipinski definition) is 2. The number of carbonyl (C=O) groups is 2. The van der Waals surface area contributed by atoms with Gasteiger partial charge in [-0.25, -0.2) is 5.43 Å². The number of benzene rings is 2. The third-order valence-corrected chi connectivity index (χ3v) is 4.03. The molecule has 2 aromatic carbocycles. The molecule has 2 aromatic rings. The summed E-state index contributed by atoms with van der Waals surface area (Å²) >= 11 is 7.41. The molecular formula is C17H16ClN3O2S. The highest BCUT2D eigenvalue weighted by Crippen LogP contribution is 2.13. The number of rotatable bonds is 6. The second-order valence-electron chi connectivity index (χ2n) is 4.76. The van der Waals surface area contributed by atoms with Crippen LogP contribution in [0.15, 0.2) is 58.5 Å². The van der Waals surface area contributed by atoms with E-state index in [0.29, 0.717) is 10.6 Å². The first-order valence-corrected chi connectivity index (χ1v) is 8.68. The Balaban J connectivity index is 1.77. The molecule has 24 heavy (non-hydrogen) atoms. The molecule has 5 nitrogen and oxygen atoms in total. The summed E-state index contributed by atoms with van der Waals surface area (Å²) in [5.74, 6) is -0.757. The summed E-state index contributed by atoms with van der Waals surface area (Å²) in [6.07, 6.45) is 3.55. The minimum absolute atomic E-state index is 0.162. The van der Waals surface area contributed by atoms with Crippen LogP contribution in [0.1, 0.15) is 15.9 Å². The third kappa shape index (κ3) is 5.72. The number of halogens is 1. The molecule has 0 spiro atoms. The van der Waals surface area contributed by atoms with Crippen molar-refractivity contribution in [2.45, 2.75) is 4.90 Å². The van der Waals surface area contributed by atoms with Crippen LogP contribution in [0, 0.1) is 0 Å². The maximum atomic E-state index is 11.8. The van der Waals surface area contributed by atoms with Gasteiger partial charge in [0.2, 0.25) is 0 Å². The summed E-state index contributed by atoms with van der Waals surface area (Å²) in [6, 6.07) is 14.2. The lowest BCUT2D eigenvalue weighted by Gasteiger charge is -2.04. The molecule has 0 atom stereocenters. The van der Waals surface area contributed by atoms with Crippen molar-refractivity contribution in [3.8, 4) is 0 Å². The van der Waals surface area contributed by atoms with Gasteiger partial charge in [-0.1, -0.05) is 23.7 Å². The average molecular weight is 362 g/mol. The van der Waals surface area contributed by atoms with Crippen molar-refractivity contribution in [1.29, 1.82) is 0 Å². The summed E-state index contributed by atoms with van der Waals surface area (Å²) in [7, 11) is 0. The Hall–Kier alpha value is -2.31. The molecule has 2 N–H and O–H groups in total. The smallest absolute Gasteiger partial charge is 0.259 e. The molecule has 124 valence electrons. The monoisotopic (exact) mass is 361 g/mol. The standard InChI is InChI=1S/C17H16ClN3O2S/c1-24-15-8-2-12(3-9-15)10-20-21-16(22)11-19-17(23)13-4-6-14(18)7-5-13/h2-10H,11H2,1H3,(H,19,23)(H,21,22). The summed E-state index contributed by atoms with van der Waals surface area (Å²) in [6.45, 7) is -0.162. The number of carbonyl (C=O) groups excluding carboxylic acids is 2. The first-order chi connectivity index (χ1) is 11.6. The lowest BCUT2D eigenvalue weighted by atomic mass is 10.2. The molecule has 0 aliphatic rings. The van der Waals surface area contributed by atoms with E-state index in [0.717, 1.165) is 10.5 Å². The Morgan fingerprint density at radius 3 is 2.42 bits per heavy atom. The second-order valence-corrected chi connectivity index (χ2v) is 6.07. The van der Waals surface area contributed by atoms with Crippen LogP contribution in [0.4, 0.5) is 0 Å². The van der Waals surface area contributed by atoms with Crippen LogP contribution < -0.4 is 10.7 Å². The van der Waals surface area contributed by atoms with Crippen molar-refractivity contribution in [3.63, 3.8) is 0 Å². The van der Waals surface area contributed by atoms with Gasteiger partial charge in [-0.05, 0) is 48.2 Å². The molecule has 7 heteroatoms. The molecule has 2 amide bonds. The first kappa shape index (κ1) is 18.0. The minimum atomic E-state index is -0.408. The van der Waals surface area contributed by atoms with Gasteiger partial charge in [0.1, 0.15) is 0 Å². The fraction of sp³-hybridized carbons (Fsp3) is 0.118. The van der Waals surface area contributed by atoms with E-state index in [1.165, 1.54) is 0 Å². The Kier molecular flexibility index (Phi) is 6.84. The van der Waals surface area contributed by atoms with E-state index in [2.05, 4.69) is 15.8 Å². The van der Waals surface area contributed by atoms with E-state index in [1.807, 2.05) is 30.5 Å². The van der Waals surface area contributed by atoms with Gasteiger partial charge >= 0.3 is 0 Å². The highest BCUT2D eigenvalue weighted by molar-refractivity contribution is 7.98. The van der Waals surface area contributed by atoms with Crippen LogP contribution in [0.3, 0.4) is 0 Å². The summed E-state index contributed by atoms with van der Waals surface area (Å²) < 4.78 is 0. The van der Waals surface area contributed by atoms with Gasteiger partial charge in [0.15, 0.2) is 0 Å². The Bertz CT molecular complexity index is 731. The van der Waals surface area contributed by atoms with Gasteiger partial charge in [0.05, 0.1) is 12.8 Å². The Labute approximate surface area is 149 Å². The zero-order valence-corrected chi connectivity index (χ0v) is 14.5. The number of amides is 2. The molecule has 0 saturated carbocycles. The summed E-state index contributed by atoms with van der Waals surface area (Å²) in [5.41, 5.74) is 3.67. The molecule has 0 heterocycles. The van der Waals surface area contributed by atoms with E-state index in [4.69, 9.17) is 11.6 Å². The molecule has 0 fully saturated rings. The van der Waals surface area contributed by atoms with E-state index < -0.39 is 5.91 Å². The molecule has 0 aromatic heterocycles. The van der Waals surface area contributed by atoms with Gasteiger partial charge < -0.3 is 5.32 Å². The topological polar surface area (TPSA) is 70.6 Å². The normalized spacial score (nSPS) is 10.6. The zero-order valence-electron chi connectivity index (χ0n) is 13.0. The Morgan fingerprint density at radius 1 is 1.12 bits per heavy atom. The number of nitrogens with one attached hydrogen (secondary N) is 2. The van der Waals surface area contributed by atoms with Crippen molar-refractivity contribution in [1.82, 2.24) is 10.7 Å². The molecule has 0 radical (unpaired) electrons. The molecule has 0 aliphatic heterocycles. The van der Waals surface area contributed by atoms with Crippen LogP contribution in [-0.2, 0) is 4.79 Å². The maximum Gasteiger partial charge on any atom is 0.259 e. The predicted molar refractivity (Wildman–Crippen MR) is 97.7 cm³/mol. The van der Waals surface area contributed by atoms with Gasteiger partial charge in [-0.3, -0.25) is 9.59 Å². The fourth-order valence-electron chi connectivity index (χ4n) is 1.77. The summed E-state index contributed by atoms with van der Waals surface area (Å²) in [5, 5.41) is 6.92. The van der Waals surface area contributed by atoms with Crippen LogP contribution in [0.25, 0.3) is 0 Å². The third-order valence-electron chi connectivity index (χ3n) is 3.03. The number of hydrazone groups is 1. The minimum Gasteiger partial charge on any atom is -0.343 e. The van der Waals surface area contributed by atoms with Gasteiger partial charge in [0, 0.05) is 15.5 Å². The largest absolute Gasteiger partial charge is 0.343 e. The molecule has 0 saturated heterocycles. The highest BCUT2D eigenvalue weighted by Gasteiger charge is 2.07. The number of hydrogen-bond acceptors (Lipinski definition) is 4. The van der Waals surface area contributed by atoms with E-state index >= 15 is 0 Å². The van der Waals surface area contributed by atoms with E-state index in [1.54, 1.807) is 42.2 Å². The fourth-order valence-corrected chi connectivity index (χ4v) is 2.31. The van der Waals surface area contributed by atoms with Crippen molar-refractivity contribution in [2.75, 3.05) is 12.8 Å². The average Bonchev–Trinajstić information content (AvgIpc) is 2.61. The van der Waals surface area contributed by atoms with E-state index in [-0.39, 0.29) is 12.5 Å². The highest BCUT2D eigenvalue weighted by atomic mass is 35.5. The lowest BCUT2D eigenvalue weighted by molar-refractivity contribution is -0.120. The van der Waals surface area contributed by atoms with Crippen LogP contribution >= 0.6 is 23.4 Å². The van der Waals surface area contributed by atoms with Crippen LogP contribution in [-0.4, -0.2) is 30.8 Å². The van der Waals surface area contributed by atoms with Crippen molar-refractivity contribution < 1.29 is 9.59 Å². The molecule has 0 aliphatic carbocycles. The van der Waals surface area contributed by atoms with Crippen LogP contribution in [0.2, 0.25) is 5.02 Å². The van der Waals surface area contributed by atoms with Crippen molar-refractivity contribution in [2.24, 2.45) is 5.10 Å². The molecular weight excluding hydrogens is 346 g/mol. The predicted octanol–water partition coefficient (Wildman–Crippen LogP) is 2.94. The van der Waals surface area contributed by atoms with Crippen molar-refractivity contribution in [3.05, 3.63) is 64.7 Å².